The van der Waals surface area contributed by atoms with E-state index in [0.717, 1.165) is 18.4 Å². The molecule has 0 heterocycles. The summed E-state index contributed by atoms with van der Waals surface area (Å²) in [4.78, 5) is 11.1. The quantitative estimate of drug-likeness (QED) is 0.481. The molecule has 0 aromatic carbocycles. The maximum Gasteiger partial charge on any atom is 0.309 e. The lowest BCUT2D eigenvalue weighted by Gasteiger charge is -2.02. The van der Waals surface area contributed by atoms with Crippen molar-refractivity contribution in [3.05, 3.63) is 23.8 Å². The molecule has 0 aromatic rings. The molecule has 2 nitrogen and oxygen atoms in total. The van der Waals surface area contributed by atoms with Crippen LogP contribution >= 0.6 is 0 Å². The SMILES string of the molecule is C=C(C)CC/C=C(\C)CC(=O)OCC. The molecule has 0 aliphatic carbocycles. The average Bonchev–Trinajstić information content (AvgIpc) is 2.03. The van der Waals surface area contributed by atoms with Gasteiger partial charge in [0.15, 0.2) is 0 Å². The second-order valence-corrected chi connectivity index (χ2v) is 3.53. The molecule has 2 heteroatoms. The number of ether oxygens (including phenoxy) is 1. The third kappa shape index (κ3) is 7.59. The van der Waals surface area contributed by atoms with Crippen LogP contribution in [0, 0.1) is 0 Å². The Morgan fingerprint density at radius 2 is 2.07 bits per heavy atom. The molecule has 0 unspecified atom stereocenters. The van der Waals surface area contributed by atoms with Crippen molar-refractivity contribution in [2.45, 2.75) is 40.0 Å². The summed E-state index contributed by atoms with van der Waals surface area (Å²) in [6.45, 7) is 10.1. The first-order valence-corrected chi connectivity index (χ1v) is 5.02. The fourth-order valence-electron chi connectivity index (χ4n) is 1.08. The van der Waals surface area contributed by atoms with Gasteiger partial charge >= 0.3 is 5.97 Å². The lowest BCUT2D eigenvalue weighted by molar-refractivity contribution is -0.142. The lowest BCUT2D eigenvalue weighted by Crippen LogP contribution is -2.03. The van der Waals surface area contributed by atoms with Crippen LogP contribution in [0.25, 0.3) is 0 Å². The Labute approximate surface area is 86.6 Å². The first-order chi connectivity index (χ1) is 6.56. The minimum atomic E-state index is -0.142. The van der Waals surface area contributed by atoms with E-state index in [1.54, 1.807) is 0 Å². The van der Waals surface area contributed by atoms with Gasteiger partial charge in [0.05, 0.1) is 13.0 Å². The van der Waals surface area contributed by atoms with E-state index in [4.69, 9.17) is 4.74 Å². The maximum absolute atomic E-state index is 11.1. The van der Waals surface area contributed by atoms with Crippen LogP contribution in [0.15, 0.2) is 23.8 Å². The van der Waals surface area contributed by atoms with Crippen LogP contribution in [0.4, 0.5) is 0 Å². The predicted octanol–water partition coefficient (Wildman–Crippen LogP) is 3.24. The van der Waals surface area contributed by atoms with E-state index >= 15 is 0 Å². The van der Waals surface area contributed by atoms with Crippen LogP contribution in [-0.2, 0) is 9.53 Å². The van der Waals surface area contributed by atoms with E-state index in [0.29, 0.717) is 13.0 Å². The van der Waals surface area contributed by atoms with Crippen molar-refractivity contribution in [1.29, 1.82) is 0 Å². The van der Waals surface area contributed by atoms with Gasteiger partial charge in [0.1, 0.15) is 0 Å². The highest BCUT2D eigenvalue weighted by atomic mass is 16.5. The summed E-state index contributed by atoms with van der Waals surface area (Å²) >= 11 is 0. The van der Waals surface area contributed by atoms with Gasteiger partial charge in [-0.15, -0.1) is 6.58 Å². The van der Waals surface area contributed by atoms with E-state index in [1.165, 1.54) is 5.57 Å². The number of esters is 1. The standard InChI is InChI=1S/C12H20O2/c1-5-14-12(13)9-11(4)8-6-7-10(2)3/h8H,2,5-7,9H2,1,3-4H3/b11-8+. The largest absolute Gasteiger partial charge is 0.466 e. The van der Waals surface area contributed by atoms with Crippen molar-refractivity contribution in [3.63, 3.8) is 0 Å². The maximum atomic E-state index is 11.1. The molecule has 0 amide bonds. The molecular formula is C12H20O2. The van der Waals surface area contributed by atoms with Crippen LogP contribution in [0.3, 0.4) is 0 Å². The van der Waals surface area contributed by atoms with E-state index in [2.05, 4.69) is 12.7 Å². The Morgan fingerprint density at radius 1 is 1.43 bits per heavy atom. The summed E-state index contributed by atoms with van der Waals surface area (Å²) in [5.74, 6) is -0.142. The van der Waals surface area contributed by atoms with Crippen LogP contribution < -0.4 is 0 Å². The summed E-state index contributed by atoms with van der Waals surface area (Å²) in [5.41, 5.74) is 2.25. The average molecular weight is 196 g/mol. The van der Waals surface area contributed by atoms with Gasteiger partial charge in [-0.2, -0.15) is 0 Å². The van der Waals surface area contributed by atoms with Crippen LogP contribution in [0.5, 0.6) is 0 Å². The van der Waals surface area contributed by atoms with E-state index in [-0.39, 0.29) is 5.97 Å². The van der Waals surface area contributed by atoms with Crippen LogP contribution in [-0.4, -0.2) is 12.6 Å². The smallest absolute Gasteiger partial charge is 0.309 e. The fourth-order valence-corrected chi connectivity index (χ4v) is 1.08. The molecule has 0 aromatic heterocycles. The monoisotopic (exact) mass is 196 g/mol. The minimum Gasteiger partial charge on any atom is -0.466 e. The number of hydrogen-bond acceptors (Lipinski definition) is 2. The summed E-state index contributed by atoms with van der Waals surface area (Å²) < 4.78 is 4.84. The molecule has 14 heavy (non-hydrogen) atoms. The van der Waals surface area contributed by atoms with Gasteiger partial charge in [-0.25, -0.2) is 0 Å². The van der Waals surface area contributed by atoms with E-state index in [1.807, 2.05) is 20.8 Å². The van der Waals surface area contributed by atoms with Crippen molar-refractivity contribution in [3.8, 4) is 0 Å². The van der Waals surface area contributed by atoms with Gasteiger partial charge < -0.3 is 4.74 Å². The number of allylic oxidation sites excluding steroid dienone is 2. The second kappa shape index (κ2) is 7.36. The molecule has 0 aliphatic rings. The highest BCUT2D eigenvalue weighted by molar-refractivity contribution is 5.72. The van der Waals surface area contributed by atoms with Crippen molar-refractivity contribution in [2.75, 3.05) is 6.61 Å². The van der Waals surface area contributed by atoms with Crippen LogP contribution in [0.2, 0.25) is 0 Å². The molecule has 0 saturated heterocycles. The highest BCUT2D eigenvalue weighted by Crippen LogP contribution is 2.07. The normalized spacial score (nSPS) is 11.2. The zero-order valence-corrected chi connectivity index (χ0v) is 9.43. The van der Waals surface area contributed by atoms with Crippen molar-refractivity contribution < 1.29 is 9.53 Å². The molecule has 0 rings (SSSR count). The zero-order chi connectivity index (χ0) is 11.0. The van der Waals surface area contributed by atoms with Gasteiger partial charge in [0.2, 0.25) is 0 Å². The molecular weight excluding hydrogens is 176 g/mol. The summed E-state index contributed by atoms with van der Waals surface area (Å²) in [6.07, 6.45) is 4.43. The molecule has 0 radical (unpaired) electrons. The topological polar surface area (TPSA) is 26.3 Å². The third-order valence-electron chi connectivity index (χ3n) is 1.79. The zero-order valence-electron chi connectivity index (χ0n) is 9.43. The Hall–Kier alpha value is -1.05. The highest BCUT2D eigenvalue weighted by Gasteiger charge is 2.01. The molecule has 0 spiro atoms. The van der Waals surface area contributed by atoms with Gasteiger partial charge in [-0.1, -0.05) is 17.2 Å². The van der Waals surface area contributed by atoms with Crippen molar-refractivity contribution in [1.82, 2.24) is 0 Å². The molecule has 0 saturated carbocycles. The Kier molecular flexibility index (Phi) is 6.81. The molecule has 0 N–H and O–H groups in total. The van der Waals surface area contributed by atoms with E-state index < -0.39 is 0 Å². The molecule has 80 valence electrons. The summed E-state index contributed by atoms with van der Waals surface area (Å²) in [7, 11) is 0. The number of rotatable bonds is 6. The Bertz CT molecular complexity index is 226. The lowest BCUT2D eigenvalue weighted by atomic mass is 10.1. The summed E-state index contributed by atoms with van der Waals surface area (Å²) in [5, 5.41) is 0. The summed E-state index contributed by atoms with van der Waals surface area (Å²) in [6, 6.07) is 0. The Morgan fingerprint density at radius 3 is 2.57 bits per heavy atom. The molecule has 0 bridgehead atoms. The van der Waals surface area contributed by atoms with Gasteiger partial charge in [0, 0.05) is 0 Å². The number of hydrogen-bond donors (Lipinski definition) is 0. The predicted molar refractivity (Wildman–Crippen MR) is 59.1 cm³/mol. The number of carbonyl (C=O) groups excluding carboxylic acids is 1. The second-order valence-electron chi connectivity index (χ2n) is 3.53. The van der Waals surface area contributed by atoms with E-state index in [9.17, 15) is 4.79 Å². The van der Waals surface area contributed by atoms with Crippen molar-refractivity contribution >= 4 is 5.97 Å². The molecule has 0 atom stereocenters. The first kappa shape index (κ1) is 12.9. The van der Waals surface area contributed by atoms with Gasteiger partial charge in [0.25, 0.3) is 0 Å². The third-order valence-corrected chi connectivity index (χ3v) is 1.79. The van der Waals surface area contributed by atoms with Gasteiger partial charge in [-0.3, -0.25) is 4.79 Å². The fraction of sp³-hybridized carbons (Fsp3) is 0.583. The Balaban J connectivity index is 3.76. The van der Waals surface area contributed by atoms with Gasteiger partial charge in [-0.05, 0) is 33.6 Å². The minimum absolute atomic E-state index is 0.142. The molecule has 0 aliphatic heterocycles. The van der Waals surface area contributed by atoms with Crippen LogP contribution in [0.1, 0.15) is 40.0 Å². The first-order valence-electron chi connectivity index (χ1n) is 5.02. The molecule has 0 fully saturated rings. The number of carbonyl (C=O) groups is 1. The van der Waals surface area contributed by atoms with Crippen molar-refractivity contribution in [2.24, 2.45) is 0 Å².